The molecular weight excluding hydrogens is 1030 g/mol. The van der Waals surface area contributed by atoms with E-state index in [1.807, 2.05) is 21.1 Å². The standard InChI is InChI=1S/C73H133N2O6P/c1-6-8-10-12-14-16-18-20-22-24-26-27-28-29-30-31-32-33-34-35-36-37-38-39-40-41-42-43-44-45-46-47-49-51-53-55-57-59-61-63-65-67-73(77)74-71(70-81-82(78,79)80-69-68-75(3,4)5)72(76)66-64-62-60-58-56-54-52-50-48-25-23-21-19-17-15-13-11-9-7-2/h8,10,14,16,20,22,26-27,29-30,32-33,35-36,38-39,71-72,76H,6-7,9,11-13,15,17-19,21,23-25,28,31,34,37,40-70H2,1-5H3,(H-,74,77,78,79)/p+1/b10-8-,16-14-,22-20-,27-26-,30-29-,33-32-,36-35-,39-38-. The minimum atomic E-state index is -4.33. The number of unbranched alkanes of at least 4 members (excludes halogenated alkanes) is 34. The monoisotopic (exact) mass is 1170 g/mol. The first-order valence-corrected chi connectivity index (χ1v) is 36.1. The Hall–Kier alpha value is -2.58. The molecule has 0 bridgehead atoms. The number of carbonyl (C=O) groups is 1. The number of allylic oxidation sites excluding steroid dienone is 16. The van der Waals surface area contributed by atoms with Crippen LogP contribution in [-0.4, -0.2) is 73.4 Å². The zero-order valence-electron chi connectivity index (χ0n) is 54.5. The quantitative estimate of drug-likeness (QED) is 0.0243. The second-order valence-corrected chi connectivity index (χ2v) is 26.0. The Kier molecular flexibility index (Phi) is 61.0. The van der Waals surface area contributed by atoms with Gasteiger partial charge in [-0.3, -0.25) is 13.8 Å². The Labute approximate surface area is 509 Å². The highest BCUT2D eigenvalue weighted by atomic mass is 31.2. The van der Waals surface area contributed by atoms with E-state index in [0.717, 1.165) is 89.9 Å². The summed E-state index contributed by atoms with van der Waals surface area (Å²) in [6.45, 7) is 4.80. The van der Waals surface area contributed by atoms with Gasteiger partial charge in [-0.25, -0.2) is 4.57 Å². The number of amides is 1. The molecule has 0 spiro atoms. The van der Waals surface area contributed by atoms with Gasteiger partial charge >= 0.3 is 7.82 Å². The van der Waals surface area contributed by atoms with Crippen molar-refractivity contribution >= 4 is 13.7 Å². The second-order valence-electron chi connectivity index (χ2n) is 24.5. The average molecular weight is 1170 g/mol. The lowest BCUT2D eigenvalue weighted by Crippen LogP contribution is -2.46. The first-order valence-electron chi connectivity index (χ1n) is 34.6. The molecule has 8 nitrogen and oxygen atoms in total. The van der Waals surface area contributed by atoms with Crippen molar-refractivity contribution < 1.29 is 32.9 Å². The van der Waals surface area contributed by atoms with E-state index in [4.69, 9.17) is 9.05 Å². The van der Waals surface area contributed by atoms with Crippen LogP contribution >= 0.6 is 7.82 Å². The van der Waals surface area contributed by atoms with Gasteiger partial charge in [0.2, 0.25) is 5.91 Å². The van der Waals surface area contributed by atoms with E-state index < -0.39 is 20.0 Å². The summed E-state index contributed by atoms with van der Waals surface area (Å²) in [7, 11) is 1.62. The van der Waals surface area contributed by atoms with Crippen LogP contribution in [0.15, 0.2) is 97.2 Å². The predicted molar refractivity (Wildman–Crippen MR) is 359 cm³/mol. The van der Waals surface area contributed by atoms with Crippen molar-refractivity contribution in [1.82, 2.24) is 5.32 Å². The molecule has 9 heteroatoms. The minimum Gasteiger partial charge on any atom is -0.391 e. The topological polar surface area (TPSA) is 105 Å². The number of rotatable bonds is 63. The summed E-state index contributed by atoms with van der Waals surface area (Å²) in [6.07, 6.45) is 90.7. The highest BCUT2D eigenvalue weighted by Gasteiger charge is 2.28. The summed E-state index contributed by atoms with van der Waals surface area (Å²) in [6, 6.07) is -0.765. The van der Waals surface area contributed by atoms with Crippen LogP contribution in [0.5, 0.6) is 0 Å². The molecule has 0 aromatic rings. The van der Waals surface area contributed by atoms with Gasteiger partial charge in [0.05, 0.1) is 39.9 Å². The summed E-state index contributed by atoms with van der Waals surface area (Å²) < 4.78 is 23.9. The number of nitrogens with zero attached hydrogens (tertiary/aromatic N) is 1. The number of phosphoric acid groups is 1. The largest absolute Gasteiger partial charge is 0.472 e. The highest BCUT2D eigenvalue weighted by molar-refractivity contribution is 7.47. The molecule has 0 rings (SSSR count). The fraction of sp³-hybridized carbons (Fsp3) is 0.767. The maximum absolute atomic E-state index is 13.1. The molecule has 0 fully saturated rings. The number of quaternary nitrogens is 1. The highest BCUT2D eigenvalue weighted by Crippen LogP contribution is 2.43. The first-order chi connectivity index (χ1) is 40.0. The Morgan fingerprint density at radius 2 is 0.732 bits per heavy atom. The molecule has 0 aromatic heterocycles. The van der Waals surface area contributed by atoms with Crippen LogP contribution in [0, 0.1) is 0 Å². The van der Waals surface area contributed by atoms with Gasteiger partial charge in [-0.1, -0.05) is 323 Å². The second kappa shape index (κ2) is 62.9. The Bertz CT molecular complexity index is 1660. The molecular formula is C73H134N2O6P+. The van der Waals surface area contributed by atoms with Crippen LogP contribution in [0.4, 0.5) is 0 Å². The molecule has 0 saturated heterocycles. The first kappa shape index (κ1) is 79.4. The van der Waals surface area contributed by atoms with Crippen molar-refractivity contribution in [3.8, 4) is 0 Å². The molecule has 0 heterocycles. The van der Waals surface area contributed by atoms with Crippen LogP contribution in [-0.2, 0) is 18.4 Å². The average Bonchev–Trinajstić information content (AvgIpc) is 3.47. The van der Waals surface area contributed by atoms with Gasteiger partial charge in [0.1, 0.15) is 13.2 Å². The van der Waals surface area contributed by atoms with Crippen LogP contribution in [0.1, 0.15) is 309 Å². The lowest BCUT2D eigenvalue weighted by Gasteiger charge is -2.26. The van der Waals surface area contributed by atoms with Crippen molar-refractivity contribution in [2.75, 3.05) is 40.9 Å². The molecule has 3 unspecified atom stereocenters. The molecule has 0 aliphatic carbocycles. The van der Waals surface area contributed by atoms with Crippen molar-refractivity contribution in [3.05, 3.63) is 97.2 Å². The molecule has 0 aliphatic rings. The van der Waals surface area contributed by atoms with Crippen molar-refractivity contribution in [2.24, 2.45) is 0 Å². The van der Waals surface area contributed by atoms with Gasteiger partial charge in [0, 0.05) is 6.42 Å². The third-order valence-corrected chi connectivity index (χ3v) is 16.3. The van der Waals surface area contributed by atoms with E-state index in [0.29, 0.717) is 23.9 Å². The van der Waals surface area contributed by atoms with Gasteiger partial charge in [-0.15, -0.1) is 0 Å². The molecule has 0 saturated carbocycles. The SMILES string of the molecule is CC/C=C\C/C=C\C/C=C\C/C=C\C/C=C\C/C=C\C/C=C\C/C=C\CCCCCCCCCCCCCCCCCCC(=O)NC(COP(=O)(O)OCC[N+](C)(C)C)C(O)CCCCCCCCCCCCCCCCCCCCC. The zero-order chi connectivity index (χ0) is 59.8. The molecule has 0 aliphatic heterocycles. The number of aliphatic hydroxyl groups excluding tert-OH is 1. The molecule has 0 aromatic carbocycles. The predicted octanol–water partition coefficient (Wildman–Crippen LogP) is 22.1. The summed E-state index contributed by atoms with van der Waals surface area (Å²) in [4.78, 5) is 23.4. The lowest BCUT2D eigenvalue weighted by molar-refractivity contribution is -0.870. The molecule has 476 valence electrons. The summed E-state index contributed by atoms with van der Waals surface area (Å²) in [5.41, 5.74) is 0. The minimum absolute atomic E-state index is 0.0732. The van der Waals surface area contributed by atoms with E-state index in [1.54, 1.807) is 0 Å². The Morgan fingerprint density at radius 3 is 1.07 bits per heavy atom. The van der Waals surface area contributed by atoms with E-state index in [-0.39, 0.29) is 19.1 Å². The maximum atomic E-state index is 13.1. The molecule has 82 heavy (non-hydrogen) atoms. The maximum Gasteiger partial charge on any atom is 0.472 e. The van der Waals surface area contributed by atoms with Crippen LogP contribution in [0.25, 0.3) is 0 Å². The van der Waals surface area contributed by atoms with E-state index in [1.165, 1.54) is 193 Å². The number of hydrogen-bond donors (Lipinski definition) is 3. The summed E-state index contributed by atoms with van der Waals surface area (Å²) in [5, 5.41) is 14.1. The molecule has 3 atom stereocenters. The van der Waals surface area contributed by atoms with Crippen LogP contribution in [0.2, 0.25) is 0 Å². The third kappa shape index (κ3) is 65.0. The van der Waals surface area contributed by atoms with Gasteiger partial charge in [-0.2, -0.15) is 0 Å². The fourth-order valence-electron chi connectivity index (χ4n) is 10.0. The zero-order valence-corrected chi connectivity index (χ0v) is 55.4. The van der Waals surface area contributed by atoms with Crippen molar-refractivity contribution in [1.29, 1.82) is 0 Å². The van der Waals surface area contributed by atoms with Gasteiger partial charge < -0.3 is 19.8 Å². The molecule has 0 radical (unpaired) electrons. The molecule has 1 amide bonds. The number of carbonyl (C=O) groups excluding carboxylic acids is 1. The number of hydrogen-bond acceptors (Lipinski definition) is 5. The number of nitrogens with one attached hydrogen (secondary N) is 1. The summed E-state index contributed by atoms with van der Waals surface area (Å²) in [5.74, 6) is -0.143. The molecule has 3 N–H and O–H groups in total. The normalized spacial score (nSPS) is 14.3. The van der Waals surface area contributed by atoms with Crippen LogP contribution in [0.3, 0.4) is 0 Å². The van der Waals surface area contributed by atoms with Crippen molar-refractivity contribution in [3.63, 3.8) is 0 Å². The van der Waals surface area contributed by atoms with Gasteiger partial charge in [0.25, 0.3) is 0 Å². The lowest BCUT2D eigenvalue weighted by atomic mass is 10.0. The van der Waals surface area contributed by atoms with E-state index in [9.17, 15) is 19.4 Å². The van der Waals surface area contributed by atoms with E-state index >= 15 is 0 Å². The number of aliphatic hydroxyl groups is 1. The third-order valence-electron chi connectivity index (χ3n) is 15.3. The summed E-state index contributed by atoms with van der Waals surface area (Å²) >= 11 is 0. The Balaban J connectivity index is 3.99. The number of likely N-dealkylation sites (N-methyl/N-ethyl adjacent to an activating group) is 1. The Morgan fingerprint density at radius 1 is 0.427 bits per heavy atom. The van der Waals surface area contributed by atoms with Gasteiger partial charge in [-0.05, 0) is 77.0 Å². The van der Waals surface area contributed by atoms with Crippen LogP contribution < -0.4 is 5.32 Å². The van der Waals surface area contributed by atoms with Gasteiger partial charge in [0.15, 0.2) is 0 Å². The van der Waals surface area contributed by atoms with Crippen molar-refractivity contribution in [2.45, 2.75) is 321 Å². The van der Waals surface area contributed by atoms with E-state index in [2.05, 4.69) is 116 Å². The number of phosphoric ester groups is 1. The fourth-order valence-corrected chi connectivity index (χ4v) is 10.7. The smallest absolute Gasteiger partial charge is 0.391 e.